The first-order valence-corrected chi connectivity index (χ1v) is 3.34. The Morgan fingerprint density at radius 2 is 2.20 bits per heavy atom. The van der Waals surface area contributed by atoms with Crippen LogP contribution >= 0.6 is 0 Å². The Morgan fingerprint density at radius 1 is 1.70 bits per heavy atom. The highest BCUT2D eigenvalue weighted by Gasteiger charge is 2.12. The van der Waals surface area contributed by atoms with Gasteiger partial charge in [-0.1, -0.05) is 13.8 Å². The average molecular weight is 142 g/mol. The van der Waals surface area contributed by atoms with Crippen LogP contribution in [-0.2, 0) is 4.79 Å². The van der Waals surface area contributed by atoms with Gasteiger partial charge in [-0.2, -0.15) is 0 Å². The largest absolute Gasteiger partial charge is 0.320 e. The van der Waals surface area contributed by atoms with Crippen LogP contribution in [0.2, 0.25) is 0 Å². The van der Waals surface area contributed by atoms with E-state index in [0.29, 0.717) is 12.3 Å². The SMILES string of the molecule is C=NC(=O)C(N)CC(C)C. The van der Waals surface area contributed by atoms with E-state index in [4.69, 9.17) is 5.73 Å². The van der Waals surface area contributed by atoms with Crippen molar-refractivity contribution in [2.45, 2.75) is 26.3 Å². The van der Waals surface area contributed by atoms with Crippen molar-refractivity contribution in [3.05, 3.63) is 0 Å². The fourth-order valence-corrected chi connectivity index (χ4v) is 0.726. The summed E-state index contributed by atoms with van der Waals surface area (Å²) >= 11 is 0. The lowest BCUT2D eigenvalue weighted by atomic mass is 10.0. The first-order valence-electron chi connectivity index (χ1n) is 3.34. The molecule has 3 nitrogen and oxygen atoms in total. The van der Waals surface area contributed by atoms with Crippen molar-refractivity contribution < 1.29 is 4.79 Å². The van der Waals surface area contributed by atoms with Gasteiger partial charge in [-0.25, -0.2) is 4.99 Å². The average Bonchev–Trinajstić information content (AvgIpc) is 1.85. The third-order valence-electron chi connectivity index (χ3n) is 1.20. The zero-order valence-corrected chi connectivity index (χ0v) is 6.50. The molecule has 3 heteroatoms. The van der Waals surface area contributed by atoms with Crippen LogP contribution in [0.3, 0.4) is 0 Å². The van der Waals surface area contributed by atoms with Gasteiger partial charge >= 0.3 is 0 Å². The second-order valence-corrected chi connectivity index (χ2v) is 2.73. The van der Waals surface area contributed by atoms with Gasteiger partial charge in [-0.3, -0.25) is 4.79 Å². The molecule has 2 N–H and O–H groups in total. The van der Waals surface area contributed by atoms with E-state index in [-0.39, 0.29) is 5.91 Å². The quantitative estimate of drug-likeness (QED) is 0.586. The first kappa shape index (κ1) is 9.30. The molecule has 0 aliphatic carbocycles. The van der Waals surface area contributed by atoms with E-state index in [1.807, 2.05) is 13.8 Å². The lowest BCUT2D eigenvalue weighted by Crippen LogP contribution is -2.30. The van der Waals surface area contributed by atoms with Gasteiger partial charge in [0, 0.05) is 0 Å². The highest BCUT2D eigenvalue weighted by Crippen LogP contribution is 2.02. The number of rotatable bonds is 3. The second kappa shape index (κ2) is 4.17. The minimum absolute atomic E-state index is 0.311. The van der Waals surface area contributed by atoms with Crippen molar-refractivity contribution in [2.24, 2.45) is 16.6 Å². The van der Waals surface area contributed by atoms with E-state index in [1.165, 1.54) is 0 Å². The summed E-state index contributed by atoms with van der Waals surface area (Å²) < 4.78 is 0. The number of carbonyl (C=O) groups is 1. The van der Waals surface area contributed by atoms with Crippen LogP contribution in [0.4, 0.5) is 0 Å². The molecule has 0 aliphatic rings. The maximum absolute atomic E-state index is 10.7. The summed E-state index contributed by atoms with van der Waals surface area (Å²) in [5.74, 6) is 0.120. The van der Waals surface area contributed by atoms with Gasteiger partial charge in [0.2, 0.25) is 0 Å². The molecule has 0 radical (unpaired) electrons. The number of hydrogen-bond donors (Lipinski definition) is 1. The Morgan fingerprint density at radius 3 is 2.50 bits per heavy atom. The van der Waals surface area contributed by atoms with E-state index in [9.17, 15) is 4.79 Å². The molecular weight excluding hydrogens is 128 g/mol. The van der Waals surface area contributed by atoms with Gasteiger partial charge in [0.15, 0.2) is 0 Å². The first-order chi connectivity index (χ1) is 4.57. The van der Waals surface area contributed by atoms with Crippen molar-refractivity contribution in [1.29, 1.82) is 0 Å². The van der Waals surface area contributed by atoms with Crippen molar-refractivity contribution in [1.82, 2.24) is 0 Å². The molecule has 1 amide bonds. The minimum Gasteiger partial charge on any atom is -0.320 e. The van der Waals surface area contributed by atoms with E-state index in [1.54, 1.807) is 0 Å². The Labute approximate surface area is 61.3 Å². The van der Waals surface area contributed by atoms with Gasteiger partial charge in [0.25, 0.3) is 5.91 Å². The van der Waals surface area contributed by atoms with Crippen molar-refractivity contribution >= 4 is 12.6 Å². The molecule has 10 heavy (non-hydrogen) atoms. The van der Waals surface area contributed by atoms with E-state index >= 15 is 0 Å². The topological polar surface area (TPSA) is 55.5 Å². The molecule has 1 atom stereocenters. The van der Waals surface area contributed by atoms with Gasteiger partial charge in [0.1, 0.15) is 0 Å². The van der Waals surface area contributed by atoms with Crippen LogP contribution in [0, 0.1) is 5.92 Å². The summed E-state index contributed by atoms with van der Waals surface area (Å²) in [6.07, 6.45) is 0.678. The van der Waals surface area contributed by atoms with Gasteiger partial charge in [-0.05, 0) is 19.1 Å². The molecule has 58 valence electrons. The van der Waals surface area contributed by atoms with Crippen LogP contribution in [-0.4, -0.2) is 18.7 Å². The molecule has 1 unspecified atom stereocenters. The minimum atomic E-state index is -0.461. The van der Waals surface area contributed by atoms with Crippen LogP contribution in [0.15, 0.2) is 4.99 Å². The smallest absolute Gasteiger partial charge is 0.261 e. The summed E-state index contributed by atoms with van der Waals surface area (Å²) in [7, 11) is 0. The van der Waals surface area contributed by atoms with Crippen molar-refractivity contribution in [3.63, 3.8) is 0 Å². The summed E-state index contributed by atoms with van der Waals surface area (Å²) in [6.45, 7) is 7.13. The van der Waals surface area contributed by atoms with Crippen LogP contribution in [0.25, 0.3) is 0 Å². The highest BCUT2D eigenvalue weighted by molar-refractivity contribution is 5.85. The normalized spacial score (nSPS) is 13.2. The van der Waals surface area contributed by atoms with Gasteiger partial charge in [-0.15, -0.1) is 0 Å². The third-order valence-corrected chi connectivity index (χ3v) is 1.20. The molecule has 0 saturated carbocycles. The molecular formula is C7H14N2O. The fourth-order valence-electron chi connectivity index (χ4n) is 0.726. The number of nitrogens with two attached hydrogens (primary N) is 1. The Balaban J connectivity index is 3.72. The molecule has 0 bridgehead atoms. The molecule has 0 rings (SSSR count). The molecule has 0 aliphatic heterocycles. The monoisotopic (exact) mass is 142 g/mol. The summed E-state index contributed by atoms with van der Waals surface area (Å²) in [5.41, 5.74) is 5.45. The number of amides is 1. The fraction of sp³-hybridized carbons (Fsp3) is 0.714. The van der Waals surface area contributed by atoms with Gasteiger partial charge < -0.3 is 5.73 Å². The summed E-state index contributed by atoms with van der Waals surface area (Å²) in [6, 6.07) is -0.461. The van der Waals surface area contributed by atoms with Crippen LogP contribution in [0.5, 0.6) is 0 Å². The predicted octanol–water partition coefficient (Wildman–Crippen LogP) is 0.587. The van der Waals surface area contributed by atoms with Gasteiger partial charge in [0.05, 0.1) is 6.04 Å². The zero-order chi connectivity index (χ0) is 8.15. The third kappa shape index (κ3) is 3.35. The maximum atomic E-state index is 10.7. The molecule has 0 aromatic rings. The molecule has 0 fully saturated rings. The Bertz CT molecular complexity index is 132. The molecule has 0 spiro atoms. The molecule has 0 aromatic heterocycles. The van der Waals surface area contributed by atoms with Crippen LogP contribution in [0.1, 0.15) is 20.3 Å². The molecule has 0 aromatic carbocycles. The van der Waals surface area contributed by atoms with E-state index < -0.39 is 6.04 Å². The Kier molecular flexibility index (Phi) is 3.88. The van der Waals surface area contributed by atoms with Crippen LogP contribution < -0.4 is 5.73 Å². The van der Waals surface area contributed by atoms with E-state index in [2.05, 4.69) is 11.7 Å². The standard InChI is InChI=1S/C7H14N2O/c1-5(2)4-6(8)7(10)9-3/h5-6H,3-4,8H2,1-2H3. The predicted molar refractivity (Wildman–Crippen MR) is 42.0 cm³/mol. The van der Waals surface area contributed by atoms with Crippen molar-refractivity contribution in [2.75, 3.05) is 0 Å². The lowest BCUT2D eigenvalue weighted by Gasteiger charge is -2.08. The molecule has 0 saturated heterocycles. The number of nitrogens with zero attached hydrogens (tertiary/aromatic N) is 1. The van der Waals surface area contributed by atoms with E-state index in [0.717, 1.165) is 0 Å². The zero-order valence-electron chi connectivity index (χ0n) is 6.50. The summed E-state index contributed by atoms with van der Waals surface area (Å²) in [5, 5.41) is 0. The molecule has 0 heterocycles. The number of aliphatic imine (C=N–C) groups is 1. The highest BCUT2D eigenvalue weighted by atomic mass is 16.1. The van der Waals surface area contributed by atoms with Crippen molar-refractivity contribution in [3.8, 4) is 0 Å². The number of carbonyl (C=O) groups excluding carboxylic acids is 1. The second-order valence-electron chi connectivity index (χ2n) is 2.73. The maximum Gasteiger partial charge on any atom is 0.261 e. The number of hydrogen-bond acceptors (Lipinski definition) is 2. The summed E-state index contributed by atoms with van der Waals surface area (Å²) in [4.78, 5) is 13.9. The Hall–Kier alpha value is -0.700. The lowest BCUT2D eigenvalue weighted by molar-refractivity contribution is -0.119.